The number of urea groups is 1. The highest BCUT2D eigenvalue weighted by atomic mass is 16.2. The molecule has 29 heavy (non-hydrogen) atoms. The third-order valence-electron chi connectivity index (χ3n) is 4.15. The minimum absolute atomic E-state index is 0.0344. The van der Waals surface area contributed by atoms with E-state index in [1.807, 2.05) is 42.5 Å². The van der Waals surface area contributed by atoms with Crippen LogP contribution in [-0.4, -0.2) is 26.9 Å². The fraction of sp³-hybridized carbons (Fsp3) is 0.0476. The van der Waals surface area contributed by atoms with E-state index in [2.05, 4.69) is 26.3 Å². The first kappa shape index (κ1) is 18.2. The molecule has 3 aromatic carbocycles. The van der Waals surface area contributed by atoms with Crippen LogP contribution in [0.1, 0.15) is 0 Å². The lowest BCUT2D eigenvalue weighted by Crippen LogP contribution is -2.21. The second kappa shape index (κ2) is 8.22. The Morgan fingerprint density at radius 2 is 1.41 bits per heavy atom. The number of fused-ring (bicyclic) bond motifs is 1. The van der Waals surface area contributed by atoms with Crippen molar-refractivity contribution < 1.29 is 9.59 Å². The molecule has 8 heteroatoms. The molecule has 0 radical (unpaired) electrons. The van der Waals surface area contributed by atoms with Gasteiger partial charge in [-0.2, -0.15) is 0 Å². The van der Waals surface area contributed by atoms with Crippen LogP contribution in [0.4, 0.5) is 21.9 Å². The summed E-state index contributed by atoms with van der Waals surface area (Å²) >= 11 is 0. The van der Waals surface area contributed by atoms with E-state index in [0.717, 1.165) is 11.0 Å². The molecule has 0 saturated heterocycles. The normalized spacial score (nSPS) is 10.5. The second-order valence-corrected chi connectivity index (χ2v) is 6.31. The van der Waals surface area contributed by atoms with Crippen molar-refractivity contribution in [2.24, 2.45) is 0 Å². The highest BCUT2D eigenvalue weighted by Crippen LogP contribution is 2.16. The molecule has 4 rings (SSSR count). The zero-order chi connectivity index (χ0) is 20.1. The standard InChI is InChI=1S/C21H18N6O2/c28-20(14-27-19-12-5-4-11-18(19)25-26-27)22-16-9-6-10-17(13-16)24-21(29)23-15-7-2-1-3-8-15/h1-13H,14H2,(H,22,28)(H2,23,24,29). The zero-order valence-electron chi connectivity index (χ0n) is 15.4. The number of amides is 3. The Hall–Kier alpha value is -4.20. The molecular formula is C21H18N6O2. The van der Waals surface area contributed by atoms with Crippen molar-refractivity contribution >= 4 is 40.0 Å². The fourth-order valence-electron chi connectivity index (χ4n) is 2.86. The molecule has 0 atom stereocenters. The first-order valence-electron chi connectivity index (χ1n) is 8.98. The molecule has 144 valence electrons. The Bertz CT molecular complexity index is 1160. The molecule has 0 aliphatic carbocycles. The zero-order valence-corrected chi connectivity index (χ0v) is 15.4. The molecule has 0 aliphatic rings. The van der Waals surface area contributed by atoms with Gasteiger partial charge in [-0.25, -0.2) is 9.48 Å². The van der Waals surface area contributed by atoms with E-state index < -0.39 is 0 Å². The first-order valence-corrected chi connectivity index (χ1v) is 8.98. The predicted octanol–water partition coefficient (Wildman–Crippen LogP) is 3.71. The van der Waals surface area contributed by atoms with Gasteiger partial charge in [-0.1, -0.05) is 41.6 Å². The van der Waals surface area contributed by atoms with Crippen LogP contribution in [0, 0.1) is 0 Å². The van der Waals surface area contributed by atoms with Crippen LogP contribution in [0.2, 0.25) is 0 Å². The maximum Gasteiger partial charge on any atom is 0.323 e. The van der Waals surface area contributed by atoms with Gasteiger partial charge < -0.3 is 16.0 Å². The minimum atomic E-state index is -0.367. The van der Waals surface area contributed by atoms with Crippen LogP contribution >= 0.6 is 0 Å². The summed E-state index contributed by atoms with van der Waals surface area (Å²) in [7, 11) is 0. The van der Waals surface area contributed by atoms with E-state index in [0.29, 0.717) is 17.1 Å². The third kappa shape index (κ3) is 4.56. The average molecular weight is 386 g/mol. The lowest BCUT2D eigenvalue weighted by atomic mass is 10.2. The van der Waals surface area contributed by atoms with Gasteiger partial charge in [0.05, 0.1) is 5.52 Å². The van der Waals surface area contributed by atoms with Crippen LogP contribution in [-0.2, 0) is 11.3 Å². The monoisotopic (exact) mass is 386 g/mol. The number of nitrogens with one attached hydrogen (secondary N) is 3. The van der Waals surface area contributed by atoms with Crippen LogP contribution in [0.15, 0.2) is 78.9 Å². The van der Waals surface area contributed by atoms with E-state index in [-0.39, 0.29) is 18.5 Å². The first-order chi connectivity index (χ1) is 14.2. The number of aromatic nitrogens is 3. The van der Waals surface area contributed by atoms with Crippen molar-refractivity contribution in [1.29, 1.82) is 0 Å². The molecule has 3 N–H and O–H groups in total. The predicted molar refractivity (Wildman–Crippen MR) is 112 cm³/mol. The largest absolute Gasteiger partial charge is 0.324 e. The molecule has 3 amide bonds. The highest BCUT2D eigenvalue weighted by Gasteiger charge is 2.09. The van der Waals surface area contributed by atoms with Gasteiger partial charge in [0.25, 0.3) is 0 Å². The van der Waals surface area contributed by atoms with Gasteiger partial charge in [0, 0.05) is 17.1 Å². The third-order valence-corrected chi connectivity index (χ3v) is 4.15. The van der Waals surface area contributed by atoms with E-state index >= 15 is 0 Å². The molecule has 8 nitrogen and oxygen atoms in total. The number of carbonyl (C=O) groups is 2. The Morgan fingerprint density at radius 3 is 2.24 bits per heavy atom. The number of rotatable bonds is 5. The highest BCUT2D eigenvalue weighted by molar-refractivity contribution is 6.00. The molecule has 0 unspecified atom stereocenters. The van der Waals surface area contributed by atoms with Crippen molar-refractivity contribution in [2.45, 2.75) is 6.54 Å². The van der Waals surface area contributed by atoms with Crippen LogP contribution in [0.5, 0.6) is 0 Å². The molecule has 1 aromatic heterocycles. The summed E-state index contributed by atoms with van der Waals surface area (Å²) in [6, 6.07) is 23.1. The SMILES string of the molecule is O=C(Cn1nnc2ccccc21)Nc1cccc(NC(=O)Nc2ccccc2)c1. The molecule has 0 saturated carbocycles. The van der Waals surface area contributed by atoms with E-state index in [1.54, 1.807) is 41.1 Å². The number of hydrogen-bond acceptors (Lipinski definition) is 4. The second-order valence-electron chi connectivity index (χ2n) is 6.31. The van der Waals surface area contributed by atoms with E-state index in [9.17, 15) is 9.59 Å². The summed E-state index contributed by atoms with van der Waals surface area (Å²) in [6.45, 7) is 0.0344. The fourth-order valence-corrected chi connectivity index (χ4v) is 2.86. The van der Waals surface area contributed by atoms with E-state index in [4.69, 9.17) is 0 Å². The van der Waals surface area contributed by atoms with E-state index in [1.165, 1.54) is 0 Å². The molecular weight excluding hydrogens is 368 g/mol. The smallest absolute Gasteiger partial charge is 0.323 e. The van der Waals surface area contributed by atoms with Crippen molar-refractivity contribution in [3.05, 3.63) is 78.9 Å². The Balaban J connectivity index is 1.38. The van der Waals surface area contributed by atoms with Gasteiger partial charge in [0.2, 0.25) is 5.91 Å². The van der Waals surface area contributed by atoms with Crippen molar-refractivity contribution in [3.8, 4) is 0 Å². The molecule has 0 bridgehead atoms. The molecule has 0 spiro atoms. The number of anilines is 3. The quantitative estimate of drug-likeness (QED) is 0.487. The maximum atomic E-state index is 12.4. The summed E-state index contributed by atoms with van der Waals surface area (Å²) < 4.78 is 1.54. The maximum absolute atomic E-state index is 12.4. The van der Waals surface area contributed by atoms with Gasteiger partial charge >= 0.3 is 6.03 Å². The van der Waals surface area contributed by atoms with Gasteiger partial charge in [0.1, 0.15) is 12.1 Å². The van der Waals surface area contributed by atoms with Gasteiger partial charge in [-0.15, -0.1) is 5.10 Å². The summed E-state index contributed by atoms with van der Waals surface area (Å²) in [6.07, 6.45) is 0. The van der Waals surface area contributed by atoms with Crippen molar-refractivity contribution in [1.82, 2.24) is 15.0 Å². The Morgan fingerprint density at radius 1 is 0.759 bits per heavy atom. The molecule has 1 heterocycles. The number of carbonyl (C=O) groups excluding carboxylic acids is 2. The van der Waals surface area contributed by atoms with Crippen molar-refractivity contribution in [3.63, 3.8) is 0 Å². The Labute approximate surface area is 166 Å². The number of hydrogen-bond donors (Lipinski definition) is 3. The van der Waals surface area contributed by atoms with Crippen LogP contribution in [0.25, 0.3) is 11.0 Å². The average Bonchev–Trinajstić information content (AvgIpc) is 3.12. The minimum Gasteiger partial charge on any atom is -0.324 e. The topological polar surface area (TPSA) is 101 Å². The number of para-hydroxylation sites is 2. The molecule has 0 fully saturated rings. The van der Waals surface area contributed by atoms with Crippen LogP contribution < -0.4 is 16.0 Å². The molecule has 0 aliphatic heterocycles. The Kier molecular flexibility index (Phi) is 5.15. The van der Waals surface area contributed by atoms with Gasteiger partial charge in [-0.05, 0) is 42.5 Å². The van der Waals surface area contributed by atoms with Gasteiger partial charge in [-0.3, -0.25) is 4.79 Å². The summed E-state index contributed by atoms with van der Waals surface area (Å²) in [5.41, 5.74) is 3.33. The van der Waals surface area contributed by atoms with Gasteiger partial charge in [0.15, 0.2) is 0 Å². The summed E-state index contributed by atoms with van der Waals surface area (Å²) in [5.74, 6) is -0.244. The summed E-state index contributed by atoms with van der Waals surface area (Å²) in [5, 5.41) is 16.3. The summed E-state index contributed by atoms with van der Waals surface area (Å²) in [4.78, 5) is 24.5. The lowest BCUT2D eigenvalue weighted by molar-refractivity contribution is -0.116. The lowest BCUT2D eigenvalue weighted by Gasteiger charge is -2.10. The van der Waals surface area contributed by atoms with Crippen LogP contribution in [0.3, 0.4) is 0 Å². The number of benzene rings is 3. The molecule has 4 aromatic rings. The number of nitrogens with zero attached hydrogens (tertiary/aromatic N) is 3. The van der Waals surface area contributed by atoms with Crippen molar-refractivity contribution in [2.75, 3.05) is 16.0 Å².